The van der Waals surface area contributed by atoms with Gasteiger partial charge in [-0.2, -0.15) is 15.0 Å². The lowest BCUT2D eigenvalue weighted by Crippen LogP contribution is -2.05. The van der Waals surface area contributed by atoms with Crippen molar-refractivity contribution in [1.29, 1.82) is 0 Å². The summed E-state index contributed by atoms with van der Waals surface area (Å²) >= 11 is 2.95. The van der Waals surface area contributed by atoms with E-state index in [0.717, 1.165) is 21.0 Å². The van der Waals surface area contributed by atoms with Gasteiger partial charge in [-0.1, -0.05) is 19.1 Å². The summed E-state index contributed by atoms with van der Waals surface area (Å²) in [5.41, 5.74) is 6.65. The predicted octanol–water partition coefficient (Wildman–Crippen LogP) is 3.00. The molecule has 0 fully saturated rings. The van der Waals surface area contributed by atoms with Crippen molar-refractivity contribution < 1.29 is 4.74 Å². The molecule has 0 saturated carbocycles. The zero-order valence-electron chi connectivity index (χ0n) is 11.3. The molecule has 0 amide bonds. The van der Waals surface area contributed by atoms with E-state index in [4.69, 9.17) is 10.5 Å². The van der Waals surface area contributed by atoms with Crippen molar-refractivity contribution in [3.8, 4) is 6.01 Å². The molecule has 0 saturated heterocycles. The SMILES string of the molecule is CCCOc1nc(N)nc(Sc2nc3ccccc3s2)n1. The van der Waals surface area contributed by atoms with E-state index >= 15 is 0 Å². The Hall–Kier alpha value is -1.93. The van der Waals surface area contributed by atoms with Crippen LogP contribution in [0.5, 0.6) is 6.01 Å². The van der Waals surface area contributed by atoms with Gasteiger partial charge in [0, 0.05) is 0 Å². The van der Waals surface area contributed by atoms with Gasteiger partial charge in [0.2, 0.25) is 11.1 Å². The van der Waals surface area contributed by atoms with Crippen LogP contribution in [0.15, 0.2) is 33.8 Å². The lowest BCUT2D eigenvalue weighted by atomic mass is 10.3. The van der Waals surface area contributed by atoms with Gasteiger partial charge in [0.05, 0.1) is 16.8 Å². The van der Waals surface area contributed by atoms with Crippen LogP contribution in [-0.4, -0.2) is 26.5 Å². The zero-order chi connectivity index (χ0) is 14.7. The molecule has 0 bridgehead atoms. The van der Waals surface area contributed by atoms with Crippen LogP contribution in [0, 0.1) is 0 Å². The van der Waals surface area contributed by atoms with Crippen LogP contribution < -0.4 is 10.5 Å². The Morgan fingerprint density at radius 3 is 2.86 bits per heavy atom. The molecule has 3 aromatic rings. The molecule has 0 atom stereocenters. The highest BCUT2D eigenvalue weighted by molar-refractivity contribution is 8.01. The Bertz CT molecular complexity index is 728. The van der Waals surface area contributed by atoms with Gasteiger partial charge >= 0.3 is 6.01 Å². The first kappa shape index (κ1) is 14.0. The van der Waals surface area contributed by atoms with Crippen molar-refractivity contribution in [3.05, 3.63) is 24.3 Å². The largest absolute Gasteiger partial charge is 0.463 e. The van der Waals surface area contributed by atoms with Gasteiger partial charge in [0.1, 0.15) is 0 Å². The Labute approximate surface area is 129 Å². The molecule has 0 unspecified atom stereocenters. The number of ether oxygens (including phenoxy) is 1. The monoisotopic (exact) mass is 319 g/mol. The molecular weight excluding hydrogens is 306 g/mol. The first-order valence-corrected chi connectivity index (χ1v) is 8.05. The quantitative estimate of drug-likeness (QED) is 0.773. The molecule has 21 heavy (non-hydrogen) atoms. The fourth-order valence-corrected chi connectivity index (χ4v) is 3.55. The molecule has 108 valence electrons. The number of anilines is 1. The number of nitrogens with two attached hydrogens (primary N) is 1. The summed E-state index contributed by atoms with van der Waals surface area (Å²) in [4.78, 5) is 16.8. The fourth-order valence-electron chi connectivity index (χ4n) is 1.63. The Balaban J connectivity index is 1.84. The van der Waals surface area contributed by atoms with Crippen molar-refractivity contribution in [1.82, 2.24) is 19.9 Å². The van der Waals surface area contributed by atoms with Gasteiger partial charge in [0.25, 0.3) is 0 Å². The number of nitrogens with zero attached hydrogens (tertiary/aromatic N) is 4. The average molecular weight is 319 g/mol. The summed E-state index contributed by atoms with van der Waals surface area (Å²) in [5, 5.41) is 0.493. The minimum Gasteiger partial charge on any atom is -0.463 e. The number of fused-ring (bicyclic) bond motifs is 1. The number of hydrogen-bond donors (Lipinski definition) is 1. The molecule has 0 aliphatic heterocycles. The summed E-state index contributed by atoms with van der Waals surface area (Å²) in [7, 11) is 0. The first-order valence-electron chi connectivity index (χ1n) is 6.42. The molecule has 8 heteroatoms. The molecule has 2 N–H and O–H groups in total. The van der Waals surface area contributed by atoms with E-state index in [-0.39, 0.29) is 12.0 Å². The van der Waals surface area contributed by atoms with Crippen LogP contribution in [0.3, 0.4) is 0 Å². The fraction of sp³-hybridized carbons (Fsp3) is 0.231. The Kier molecular flexibility index (Phi) is 4.16. The van der Waals surface area contributed by atoms with E-state index in [0.29, 0.717) is 11.8 Å². The third-order valence-electron chi connectivity index (χ3n) is 2.50. The standard InChI is InChI=1S/C13H13N5OS2/c1-2-7-19-11-16-10(14)17-12(18-11)21-13-15-8-5-3-4-6-9(8)20-13/h3-6H,2,7H2,1H3,(H2,14,16,17,18). The van der Waals surface area contributed by atoms with Crippen LogP contribution in [-0.2, 0) is 0 Å². The minimum atomic E-state index is 0.153. The number of para-hydroxylation sites is 1. The molecule has 0 spiro atoms. The smallest absolute Gasteiger partial charge is 0.322 e. The van der Waals surface area contributed by atoms with Gasteiger partial charge in [-0.15, -0.1) is 11.3 Å². The van der Waals surface area contributed by atoms with E-state index in [1.54, 1.807) is 11.3 Å². The maximum Gasteiger partial charge on any atom is 0.322 e. The molecule has 3 rings (SSSR count). The van der Waals surface area contributed by atoms with Crippen molar-refractivity contribution >= 4 is 39.3 Å². The number of thiazole rings is 1. The van der Waals surface area contributed by atoms with Crippen LogP contribution in [0.4, 0.5) is 5.95 Å². The summed E-state index contributed by atoms with van der Waals surface area (Å²) in [6.45, 7) is 2.57. The molecule has 2 aromatic heterocycles. The van der Waals surface area contributed by atoms with Crippen LogP contribution in [0.1, 0.15) is 13.3 Å². The van der Waals surface area contributed by atoms with Crippen molar-refractivity contribution in [2.24, 2.45) is 0 Å². The summed E-state index contributed by atoms with van der Waals surface area (Å²) in [5.74, 6) is 0.153. The Morgan fingerprint density at radius 2 is 2.05 bits per heavy atom. The van der Waals surface area contributed by atoms with Gasteiger partial charge in [-0.05, 0) is 30.3 Å². The molecule has 2 heterocycles. The number of nitrogen functional groups attached to an aromatic ring is 1. The molecular formula is C13H13N5OS2. The van der Waals surface area contributed by atoms with Crippen LogP contribution >= 0.6 is 23.1 Å². The summed E-state index contributed by atoms with van der Waals surface area (Å²) in [6, 6.07) is 8.23. The lowest BCUT2D eigenvalue weighted by molar-refractivity contribution is 0.288. The third kappa shape index (κ3) is 3.40. The van der Waals surface area contributed by atoms with Crippen molar-refractivity contribution in [2.75, 3.05) is 12.3 Å². The number of hydrogen-bond acceptors (Lipinski definition) is 8. The number of rotatable bonds is 5. The topological polar surface area (TPSA) is 86.8 Å². The normalized spacial score (nSPS) is 10.9. The molecule has 0 aliphatic carbocycles. The Morgan fingerprint density at radius 1 is 1.19 bits per heavy atom. The summed E-state index contributed by atoms with van der Waals surface area (Å²) < 4.78 is 7.39. The molecule has 1 aromatic carbocycles. The van der Waals surface area contributed by atoms with Crippen molar-refractivity contribution in [3.63, 3.8) is 0 Å². The second kappa shape index (κ2) is 6.23. The molecule has 0 aliphatic rings. The first-order chi connectivity index (χ1) is 10.2. The number of aromatic nitrogens is 4. The van der Waals surface area contributed by atoms with Gasteiger partial charge in [0.15, 0.2) is 4.34 Å². The van der Waals surface area contributed by atoms with Gasteiger partial charge < -0.3 is 10.5 Å². The van der Waals surface area contributed by atoms with Crippen LogP contribution in [0.2, 0.25) is 0 Å². The molecule has 0 radical (unpaired) electrons. The van der Waals surface area contributed by atoms with E-state index < -0.39 is 0 Å². The maximum atomic E-state index is 5.69. The average Bonchev–Trinajstić information content (AvgIpc) is 2.86. The minimum absolute atomic E-state index is 0.153. The third-order valence-corrected chi connectivity index (χ3v) is 4.46. The highest BCUT2D eigenvalue weighted by Crippen LogP contribution is 2.33. The number of benzene rings is 1. The van der Waals surface area contributed by atoms with Crippen molar-refractivity contribution in [2.45, 2.75) is 22.8 Å². The van der Waals surface area contributed by atoms with E-state index in [2.05, 4.69) is 19.9 Å². The second-order valence-electron chi connectivity index (χ2n) is 4.16. The van der Waals surface area contributed by atoms with E-state index in [1.165, 1.54) is 11.8 Å². The van der Waals surface area contributed by atoms with Gasteiger partial charge in [-0.3, -0.25) is 0 Å². The second-order valence-corrected chi connectivity index (χ2v) is 6.40. The maximum absolute atomic E-state index is 5.69. The zero-order valence-corrected chi connectivity index (χ0v) is 12.9. The predicted molar refractivity (Wildman–Crippen MR) is 83.8 cm³/mol. The van der Waals surface area contributed by atoms with Gasteiger partial charge in [-0.25, -0.2) is 4.98 Å². The molecule has 6 nitrogen and oxygen atoms in total. The summed E-state index contributed by atoms with van der Waals surface area (Å²) in [6.07, 6.45) is 0.881. The highest BCUT2D eigenvalue weighted by Gasteiger charge is 2.10. The van der Waals surface area contributed by atoms with E-state index in [1.807, 2.05) is 31.2 Å². The van der Waals surface area contributed by atoms with Crippen LogP contribution in [0.25, 0.3) is 10.2 Å². The highest BCUT2D eigenvalue weighted by atomic mass is 32.2. The van der Waals surface area contributed by atoms with E-state index in [9.17, 15) is 0 Å². The lowest BCUT2D eigenvalue weighted by Gasteiger charge is -2.04.